The van der Waals surface area contributed by atoms with Gasteiger partial charge < -0.3 is 10.1 Å². The van der Waals surface area contributed by atoms with E-state index in [9.17, 15) is 9.59 Å². The Balaban J connectivity index is 1.62. The van der Waals surface area contributed by atoms with Gasteiger partial charge in [0.2, 0.25) is 0 Å². The van der Waals surface area contributed by atoms with Crippen molar-refractivity contribution in [2.45, 2.75) is 39.2 Å². The number of benzene rings is 1. The molecule has 2 unspecified atom stereocenters. The smallest absolute Gasteiger partial charge is 0.340 e. The van der Waals surface area contributed by atoms with Crippen LogP contribution in [0, 0.1) is 17.2 Å². The van der Waals surface area contributed by atoms with E-state index >= 15 is 0 Å². The van der Waals surface area contributed by atoms with Crippen molar-refractivity contribution in [2.24, 2.45) is 5.92 Å². The van der Waals surface area contributed by atoms with E-state index in [1.165, 1.54) is 4.88 Å². The third-order valence-electron chi connectivity index (χ3n) is 4.56. The summed E-state index contributed by atoms with van der Waals surface area (Å²) in [6.07, 6.45) is 2.05. The highest BCUT2D eigenvalue weighted by Crippen LogP contribution is 2.33. The van der Waals surface area contributed by atoms with Gasteiger partial charge in [0.15, 0.2) is 6.10 Å². The van der Waals surface area contributed by atoms with Crippen molar-refractivity contribution in [3.63, 3.8) is 0 Å². The number of hydrogen-bond donors (Lipinski definition) is 1. The number of rotatable bonds is 4. The molecule has 5 nitrogen and oxygen atoms in total. The molecule has 0 aliphatic heterocycles. The molecule has 134 valence electrons. The molecule has 0 radical (unpaired) electrons. The lowest BCUT2D eigenvalue weighted by molar-refractivity contribution is -0.123. The normalized spacial score (nSPS) is 16.9. The summed E-state index contributed by atoms with van der Waals surface area (Å²) in [5.74, 6) is -0.206. The van der Waals surface area contributed by atoms with E-state index in [1.807, 2.05) is 11.4 Å². The topological polar surface area (TPSA) is 79.2 Å². The summed E-state index contributed by atoms with van der Waals surface area (Å²) >= 11 is 1.60. The van der Waals surface area contributed by atoms with Crippen LogP contribution in [0.25, 0.3) is 0 Å². The SMILES string of the molecule is CC1CCc2c(C(=O)OC(C)C(=O)Nc3ccc(C#N)cc3)csc2C1. The number of hydrogen-bond acceptors (Lipinski definition) is 5. The maximum atomic E-state index is 12.5. The Morgan fingerprint density at radius 1 is 1.35 bits per heavy atom. The molecule has 3 rings (SSSR count). The molecule has 1 N–H and O–H groups in total. The molecule has 1 aromatic heterocycles. The van der Waals surface area contributed by atoms with Gasteiger partial charge in [-0.3, -0.25) is 4.79 Å². The Hall–Kier alpha value is -2.65. The zero-order valence-electron chi connectivity index (χ0n) is 14.7. The first kappa shape index (κ1) is 18.2. The molecule has 2 atom stereocenters. The maximum absolute atomic E-state index is 12.5. The number of thiophene rings is 1. The lowest BCUT2D eigenvalue weighted by Crippen LogP contribution is -2.30. The van der Waals surface area contributed by atoms with E-state index in [0.29, 0.717) is 22.7 Å². The Kier molecular flexibility index (Phi) is 5.38. The molecular formula is C20H20N2O3S. The number of nitrogens with one attached hydrogen (secondary N) is 1. The van der Waals surface area contributed by atoms with Crippen molar-refractivity contribution >= 4 is 28.9 Å². The van der Waals surface area contributed by atoms with Crippen LogP contribution in [0.15, 0.2) is 29.6 Å². The summed E-state index contributed by atoms with van der Waals surface area (Å²) < 4.78 is 5.37. The Morgan fingerprint density at radius 2 is 2.08 bits per heavy atom. The molecule has 1 heterocycles. The maximum Gasteiger partial charge on any atom is 0.340 e. The van der Waals surface area contributed by atoms with E-state index < -0.39 is 18.0 Å². The van der Waals surface area contributed by atoms with E-state index in [2.05, 4.69) is 12.2 Å². The second kappa shape index (κ2) is 7.71. The van der Waals surface area contributed by atoms with Crippen LogP contribution < -0.4 is 5.32 Å². The van der Waals surface area contributed by atoms with Crippen molar-refractivity contribution in [3.8, 4) is 6.07 Å². The number of anilines is 1. The largest absolute Gasteiger partial charge is 0.449 e. The predicted molar refractivity (Wildman–Crippen MR) is 100 cm³/mol. The summed E-state index contributed by atoms with van der Waals surface area (Å²) in [5, 5.41) is 13.3. The third kappa shape index (κ3) is 3.94. The van der Waals surface area contributed by atoms with Crippen molar-refractivity contribution in [1.82, 2.24) is 0 Å². The van der Waals surface area contributed by atoms with Gasteiger partial charge >= 0.3 is 5.97 Å². The summed E-state index contributed by atoms with van der Waals surface area (Å²) in [4.78, 5) is 26.0. The monoisotopic (exact) mass is 368 g/mol. The Bertz CT molecular complexity index is 864. The fourth-order valence-corrected chi connectivity index (χ4v) is 4.23. The first-order valence-corrected chi connectivity index (χ1v) is 9.47. The molecular weight excluding hydrogens is 348 g/mol. The van der Waals surface area contributed by atoms with Crippen LogP contribution in [0.4, 0.5) is 5.69 Å². The lowest BCUT2D eigenvalue weighted by atomic mass is 9.88. The number of carbonyl (C=O) groups excluding carboxylic acids is 2. The average Bonchev–Trinajstić information content (AvgIpc) is 3.05. The zero-order valence-corrected chi connectivity index (χ0v) is 15.6. The first-order chi connectivity index (χ1) is 12.5. The molecule has 1 aromatic carbocycles. The summed E-state index contributed by atoms with van der Waals surface area (Å²) in [5.41, 5.74) is 2.74. The number of fused-ring (bicyclic) bond motifs is 1. The molecule has 1 amide bonds. The van der Waals surface area contributed by atoms with Crippen LogP contribution in [0.1, 0.15) is 46.6 Å². The predicted octanol–water partition coefficient (Wildman–Crippen LogP) is 3.93. The minimum Gasteiger partial charge on any atom is -0.449 e. The van der Waals surface area contributed by atoms with E-state index in [1.54, 1.807) is 42.5 Å². The van der Waals surface area contributed by atoms with E-state index in [-0.39, 0.29) is 0 Å². The van der Waals surface area contributed by atoms with Gasteiger partial charge in [-0.1, -0.05) is 6.92 Å². The van der Waals surface area contributed by atoms with Crippen LogP contribution in [-0.2, 0) is 22.4 Å². The number of ether oxygens (including phenoxy) is 1. The van der Waals surface area contributed by atoms with Gasteiger partial charge in [-0.25, -0.2) is 4.79 Å². The molecule has 2 aromatic rings. The van der Waals surface area contributed by atoms with E-state index in [0.717, 1.165) is 24.8 Å². The number of nitrogens with zero attached hydrogens (tertiary/aromatic N) is 1. The van der Waals surface area contributed by atoms with Gasteiger partial charge in [0, 0.05) is 15.9 Å². The van der Waals surface area contributed by atoms with Gasteiger partial charge in [0.05, 0.1) is 17.2 Å². The third-order valence-corrected chi connectivity index (χ3v) is 5.61. The quantitative estimate of drug-likeness (QED) is 0.829. The molecule has 26 heavy (non-hydrogen) atoms. The summed E-state index contributed by atoms with van der Waals surface area (Å²) in [6.45, 7) is 3.77. The molecule has 1 aliphatic rings. The summed E-state index contributed by atoms with van der Waals surface area (Å²) in [6, 6.07) is 8.53. The molecule has 1 aliphatic carbocycles. The highest BCUT2D eigenvalue weighted by atomic mass is 32.1. The molecule has 0 bridgehead atoms. The second-order valence-electron chi connectivity index (χ2n) is 6.63. The van der Waals surface area contributed by atoms with Gasteiger partial charge in [0.25, 0.3) is 5.91 Å². The van der Waals surface area contributed by atoms with Crippen LogP contribution in [0.3, 0.4) is 0 Å². The van der Waals surface area contributed by atoms with Crippen LogP contribution in [0.2, 0.25) is 0 Å². The Morgan fingerprint density at radius 3 is 2.77 bits per heavy atom. The van der Waals surface area contributed by atoms with Crippen LogP contribution >= 0.6 is 11.3 Å². The number of nitriles is 1. The summed E-state index contributed by atoms with van der Waals surface area (Å²) in [7, 11) is 0. The van der Waals surface area contributed by atoms with Gasteiger partial charge in [0.1, 0.15) is 0 Å². The molecule has 0 spiro atoms. The molecule has 0 fully saturated rings. The molecule has 6 heteroatoms. The van der Waals surface area contributed by atoms with Crippen LogP contribution in [0.5, 0.6) is 0 Å². The van der Waals surface area contributed by atoms with Crippen molar-refractivity contribution in [1.29, 1.82) is 5.26 Å². The van der Waals surface area contributed by atoms with Crippen molar-refractivity contribution in [3.05, 3.63) is 51.2 Å². The first-order valence-electron chi connectivity index (χ1n) is 8.59. The minimum absolute atomic E-state index is 0.402. The van der Waals surface area contributed by atoms with Gasteiger partial charge in [-0.05, 0) is 61.9 Å². The fraction of sp³-hybridized carbons (Fsp3) is 0.350. The van der Waals surface area contributed by atoms with Crippen LogP contribution in [-0.4, -0.2) is 18.0 Å². The standard InChI is InChI=1S/C20H20N2O3S/c1-12-3-8-16-17(11-26-18(16)9-12)20(24)25-13(2)19(23)22-15-6-4-14(10-21)5-7-15/h4-7,11-13H,3,8-9H2,1-2H3,(H,22,23). The zero-order chi connectivity index (χ0) is 18.7. The average molecular weight is 368 g/mol. The lowest BCUT2D eigenvalue weighted by Gasteiger charge is -2.19. The minimum atomic E-state index is -0.906. The highest BCUT2D eigenvalue weighted by Gasteiger charge is 2.26. The molecule has 0 saturated heterocycles. The highest BCUT2D eigenvalue weighted by molar-refractivity contribution is 7.10. The van der Waals surface area contributed by atoms with Gasteiger partial charge in [-0.15, -0.1) is 11.3 Å². The number of esters is 1. The second-order valence-corrected chi connectivity index (χ2v) is 7.59. The van der Waals surface area contributed by atoms with Crippen molar-refractivity contribution < 1.29 is 14.3 Å². The molecule has 0 saturated carbocycles. The number of amides is 1. The Labute approximate surface area is 156 Å². The van der Waals surface area contributed by atoms with E-state index in [4.69, 9.17) is 10.00 Å². The fourth-order valence-electron chi connectivity index (χ4n) is 3.00. The number of carbonyl (C=O) groups is 2. The van der Waals surface area contributed by atoms with Crippen molar-refractivity contribution in [2.75, 3.05) is 5.32 Å². The van der Waals surface area contributed by atoms with Gasteiger partial charge in [-0.2, -0.15) is 5.26 Å².